The number of aromatic nitrogens is 1. The second kappa shape index (κ2) is 8.05. The average Bonchev–Trinajstić information content (AvgIpc) is 3.26. The molecule has 27 heavy (non-hydrogen) atoms. The first kappa shape index (κ1) is 19.3. The van der Waals surface area contributed by atoms with Crippen molar-refractivity contribution in [2.45, 2.75) is 25.1 Å². The number of thiazole rings is 1. The van der Waals surface area contributed by atoms with E-state index in [1.165, 1.54) is 23.5 Å². The summed E-state index contributed by atoms with van der Waals surface area (Å²) in [7, 11) is 0. The Morgan fingerprint density at radius 1 is 1.30 bits per heavy atom. The number of rotatable bonds is 5. The highest BCUT2D eigenvalue weighted by molar-refractivity contribution is 7.13. The highest BCUT2D eigenvalue weighted by atomic mass is 32.1. The minimum absolute atomic E-state index is 0.0670. The van der Waals surface area contributed by atoms with Gasteiger partial charge in [-0.05, 0) is 37.6 Å². The van der Waals surface area contributed by atoms with Crippen molar-refractivity contribution in [3.8, 4) is 0 Å². The van der Waals surface area contributed by atoms with Crippen LogP contribution in [-0.4, -0.2) is 35.8 Å². The van der Waals surface area contributed by atoms with E-state index in [9.17, 15) is 22.8 Å². The fourth-order valence-electron chi connectivity index (χ4n) is 2.98. The molecule has 1 aliphatic rings. The second-order valence-corrected chi connectivity index (χ2v) is 7.05. The molecule has 1 fully saturated rings. The van der Waals surface area contributed by atoms with Gasteiger partial charge in [-0.1, -0.05) is 17.4 Å². The summed E-state index contributed by atoms with van der Waals surface area (Å²) < 4.78 is 38.3. The van der Waals surface area contributed by atoms with Gasteiger partial charge in [-0.15, -0.1) is 0 Å². The second-order valence-electron chi connectivity index (χ2n) is 6.14. The number of aromatic amines is 1. The van der Waals surface area contributed by atoms with E-state index in [1.54, 1.807) is 16.5 Å². The van der Waals surface area contributed by atoms with E-state index in [0.717, 1.165) is 18.6 Å². The topological polar surface area (TPSA) is 75.6 Å². The first-order chi connectivity index (χ1) is 12.8. The van der Waals surface area contributed by atoms with E-state index in [4.69, 9.17) is 0 Å². The van der Waals surface area contributed by atoms with Crippen LogP contribution in [0.2, 0.25) is 0 Å². The monoisotopic (exact) mass is 399 g/mol. The van der Waals surface area contributed by atoms with Gasteiger partial charge >= 0.3 is 17.2 Å². The molecule has 1 aromatic heterocycles. The number of anilines is 2. The van der Waals surface area contributed by atoms with Gasteiger partial charge in [-0.2, -0.15) is 18.5 Å². The predicted molar refractivity (Wildman–Crippen MR) is 94.2 cm³/mol. The molecule has 0 spiro atoms. The minimum Gasteiger partial charge on any atom is -0.325 e. The van der Waals surface area contributed by atoms with Crippen molar-refractivity contribution >= 4 is 34.0 Å². The van der Waals surface area contributed by atoms with Crippen LogP contribution in [0.1, 0.15) is 18.4 Å². The Morgan fingerprint density at radius 3 is 2.81 bits per heavy atom. The van der Waals surface area contributed by atoms with Gasteiger partial charge in [0.15, 0.2) is 0 Å². The number of likely N-dealkylation sites (tertiary alicyclic amines) is 1. The summed E-state index contributed by atoms with van der Waals surface area (Å²) >= 11 is 1.35. The molecule has 0 aliphatic carbocycles. The third kappa shape index (κ3) is 5.04. The zero-order valence-electron chi connectivity index (χ0n) is 14.2. The number of carbonyl (C=O) groups is 2. The molecule has 3 rings (SSSR count). The fourth-order valence-corrected chi connectivity index (χ4v) is 3.54. The van der Waals surface area contributed by atoms with E-state index >= 15 is 0 Å². The van der Waals surface area contributed by atoms with E-state index in [0.29, 0.717) is 18.1 Å². The summed E-state index contributed by atoms with van der Waals surface area (Å²) in [5.41, 5.74) is -0.755. The maximum absolute atomic E-state index is 12.8. The molecule has 0 radical (unpaired) electrons. The normalized spacial score (nSPS) is 17.7. The Kier molecular flexibility index (Phi) is 5.76. The van der Waals surface area contributed by atoms with Crippen LogP contribution in [0, 0.1) is 0 Å². The van der Waals surface area contributed by atoms with Crippen LogP contribution < -0.4 is 15.6 Å². The Labute approximate surface area is 157 Å². The molecule has 0 unspecified atom stereocenters. The number of halogens is 3. The van der Waals surface area contributed by atoms with Gasteiger partial charge in [-0.25, -0.2) is 9.78 Å². The number of alkyl halides is 3. The molecule has 0 bridgehead atoms. The lowest BCUT2D eigenvalue weighted by atomic mass is 10.2. The summed E-state index contributed by atoms with van der Waals surface area (Å²) in [5, 5.41) is 7.64. The van der Waals surface area contributed by atoms with Gasteiger partial charge in [0, 0.05) is 11.1 Å². The van der Waals surface area contributed by atoms with Gasteiger partial charge in [-0.3, -0.25) is 9.69 Å². The van der Waals surface area contributed by atoms with Crippen molar-refractivity contribution < 1.29 is 27.7 Å². The first-order valence-electron chi connectivity index (χ1n) is 8.30. The van der Waals surface area contributed by atoms with Gasteiger partial charge in [0.25, 0.3) is 0 Å². The number of nitrogens with zero attached hydrogens (tertiary/aromatic N) is 1. The van der Waals surface area contributed by atoms with Gasteiger partial charge < -0.3 is 5.32 Å². The molecular weight excluding hydrogens is 381 g/mol. The molecule has 6 nitrogen and oxygen atoms in total. The first-order valence-corrected chi connectivity index (χ1v) is 9.18. The SMILES string of the molecule is O=C(CN1CCC[C@H]1C(=O)Nc1[nH+]ccs1)Nc1cccc(C(F)(F)F)c1. The van der Waals surface area contributed by atoms with Crippen molar-refractivity contribution in [2.75, 3.05) is 23.7 Å². The maximum Gasteiger partial charge on any atom is 0.416 e. The summed E-state index contributed by atoms with van der Waals surface area (Å²) in [4.78, 5) is 29.3. The highest BCUT2D eigenvalue weighted by Gasteiger charge is 2.35. The zero-order chi connectivity index (χ0) is 19.4. The average molecular weight is 399 g/mol. The van der Waals surface area contributed by atoms with Crippen molar-refractivity contribution in [3.05, 3.63) is 41.4 Å². The highest BCUT2D eigenvalue weighted by Crippen LogP contribution is 2.30. The Hall–Kier alpha value is -2.46. The maximum atomic E-state index is 12.8. The Morgan fingerprint density at radius 2 is 2.11 bits per heavy atom. The molecule has 2 amide bonds. The van der Waals surface area contributed by atoms with Crippen LogP contribution in [0.25, 0.3) is 0 Å². The third-order valence-corrected chi connectivity index (χ3v) is 4.92. The predicted octanol–water partition coefficient (Wildman–Crippen LogP) is 2.62. The number of H-pyrrole nitrogens is 1. The molecule has 2 aromatic rings. The van der Waals surface area contributed by atoms with Crippen molar-refractivity contribution in [1.29, 1.82) is 0 Å². The van der Waals surface area contributed by atoms with E-state index in [1.807, 2.05) is 0 Å². The van der Waals surface area contributed by atoms with Crippen molar-refractivity contribution in [3.63, 3.8) is 0 Å². The molecule has 1 aliphatic heterocycles. The number of hydrogen-bond acceptors (Lipinski definition) is 4. The largest absolute Gasteiger partial charge is 0.416 e. The van der Waals surface area contributed by atoms with Crippen molar-refractivity contribution in [1.82, 2.24) is 4.90 Å². The lowest BCUT2D eigenvalue weighted by molar-refractivity contribution is -0.354. The Bertz CT molecular complexity index is 811. The van der Waals surface area contributed by atoms with Crippen LogP contribution in [0.4, 0.5) is 24.0 Å². The van der Waals surface area contributed by atoms with Crippen LogP contribution >= 0.6 is 11.3 Å². The lowest BCUT2D eigenvalue weighted by Crippen LogP contribution is -2.43. The molecule has 1 aromatic carbocycles. The van der Waals surface area contributed by atoms with Gasteiger partial charge in [0.2, 0.25) is 5.91 Å². The molecule has 1 atom stereocenters. The number of nitrogens with one attached hydrogen (secondary N) is 3. The van der Waals surface area contributed by atoms with Gasteiger partial charge in [0.1, 0.15) is 6.04 Å². The van der Waals surface area contributed by atoms with E-state index in [2.05, 4.69) is 15.6 Å². The lowest BCUT2D eigenvalue weighted by Gasteiger charge is -2.20. The zero-order valence-corrected chi connectivity index (χ0v) is 15.0. The van der Waals surface area contributed by atoms with Crippen LogP contribution in [-0.2, 0) is 15.8 Å². The standard InChI is InChI=1S/C17H17F3N4O2S/c18-17(19,20)11-3-1-4-12(9-11)22-14(25)10-24-7-2-5-13(24)15(26)23-16-21-6-8-27-16/h1,3-4,6,8-9,13H,2,5,7,10H2,(H,22,25)(H,21,23,26)/p+1/t13-/m0/s1. The van der Waals surface area contributed by atoms with Crippen LogP contribution in [0.5, 0.6) is 0 Å². The van der Waals surface area contributed by atoms with Gasteiger partial charge in [0.05, 0.1) is 18.3 Å². The van der Waals surface area contributed by atoms with Crippen molar-refractivity contribution in [2.24, 2.45) is 0 Å². The fraction of sp³-hybridized carbons (Fsp3) is 0.353. The molecule has 144 valence electrons. The summed E-state index contributed by atoms with van der Waals surface area (Å²) in [6.45, 7) is 0.505. The smallest absolute Gasteiger partial charge is 0.325 e. The van der Waals surface area contributed by atoms with Crippen LogP contribution in [0.3, 0.4) is 0 Å². The number of hydrogen-bond donors (Lipinski definition) is 2. The quantitative estimate of drug-likeness (QED) is 0.812. The molecule has 0 saturated carbocycles. The third-order valence-electron chi connectivity index (χ3n) is 4.19. The van der Waals surface area contributed by atoms with Crippen LogP contribution in [0.15, 0.2) is 35.8 Å². The summed E-state index contributed by atoms with van der Waals surface area (Å²) in [6.07, 6.45) is -1.38. The Balaban J connectivity index is 1.59. The molecule has 2 heterocycles. The van der Waals surface area contributed by atoms with E-state index in [-0.39, 0.29) is 18.1 Å². The number of carbonyl (C=O) groups excluding carboxylic acids is 2. The molecule has 10 heteroatoms. The van der Waals surface area contributed by atoms with E-state index < -0.39 is 23.7 Å². The molecular formula is C17H18F3N4O2S+. The number of benzene rings is 1. The summed E-state index contributed by atoms with van der Waals surface area (Å²) in [5.74, 6) is -0.672. The molecule has 1 saturated heterocycles. The summed E-state index contributed by atoms with van der Waals surface area (Å²) in [6, 6.07) is 4.01. The number of amides is 2. The minimum atomic E-state index is -4.47. The molecule has 3 N–H and O–H groups in total.